The Bertz CT molecular complexity index is 305. The minimum Gasteiger partial charge on any atom is -0.357 e. The molecule has 1 rings (SSSR count). The second-order valence-electron chi connectivity index (χ2n) is 4.33. The van der Waals surface area contributed by atoms with Gasteiger partial charge in [0.15, 0.2) is 0 Å². The van der Waals surface area contributed by atoms with Crippen LogP contribution in [0.25, 0.3) is 0 Å². The summed E-state index contributed by atoms with van der Waals surface area (Å²) in [5.74, 6) is 0. The van der Waals surface area contributed by atoms with Crippen molar-refractivity contribution in [1.82, 2.24) is 10.2 Å². The van der Waals surface area contributed by atoms with E-state index in [9.17, 15) is 5.21 Å². The normalized spacial score (nSPS) is 20.8. The molecule has 0 aliphatic carbocycles. The van der Waals surface area contributed by atoms with Crippen LogP contribution in [-0.4, -0.2) is 35.3 Å². The van der Waals surface area contributed by atoms with E-state index in [1.54, 1.807) is 12.1 Å². The van der Waals surface area contributed by atoms with Crippen molar-refractivity contribution < 1.29 is 9.94 Å². The molecule has 1 saturated heterocycles. The maximum atomic E-state index is 9.66. The minimum absolute atomic E-state index is 0.138. The molecule has 1 N–H and O–H groups in total. The first-order chi connectivity index (χ1) is 8.02. The van der Waals surface area contributed by atoms with Crippen LogP contribution in [0.1, 0.15) is 26.2 Å². The van der Waals surface area contributed by atoms with Crippen molar-refractivity contribution in [3.63, 3.8) is 0 Å². The predicted octanol–water partition coefficient (Wildman–Crippen LogP) is 2.70. The Labute approximate surface area is 103 Å². The third-order valence-corrected chi connectivity index (χ3v) is 2.59. The van der Waals surface area contributed by atoms with Gasteiger partial charge in [0.05, 0.1) is 5.70 Å². The van der Waals surface area contributed by atoms with Gasteiger partial charge in [0.25, 0.3) is 0 Å². The molecule has 0 aromatic carbocycles. The highest BCUT2D eigenvalue weighted by Gasteiger charge is 2.24. The Kier molecular flexibility index (Phi) is 5.41. The monoisotopic (exact) mass is 238 g/mol. The summed E-state index contributed by atoms with van der Waals surface area (Å²) in [6.45, 7) is 10.4. The first kappa shape index (κ1) is 14.0. The highest BCUT2D eigenvalue weighted by molar-refractivity contribution is 5.22. The van der Waals surface area contributed by atoms with Crippen LogP contribution in [0.15, 0.2) is 36.6 Å². The second kappa shape index (κ2) is 6.59. The molecule has 0 aromatic rings. The molecular formula is C13H22N2O2. The zero-order valence-electron chi connectivity index (χ0n) is 10.7. The third-order valence-electron chi connectivity index (χ3n) is 2.59. The molecule has 1 aliphatic heterocycles. The summed E-state index contributed by atoms with van der Waals surface area (Å²) in [5.41, 5.74) is 1.63. The van der Waals surface area contributed by atoms with Gasteiger partial charge in [0, 0.05) is 13.7 Å². The van der Waals surface area contributed by atoms with Crippen molar-refractivity contribution in [3.05, 3.63) is 36.6 Å². The van der Waals surface area contributed by atoms with E-state index >= 15 is 0 Å². The average molecular weight is 238 g/mol. The van der Waals surface area contributed by atoms with E-state index in [2.05, 4.69) is 13.2 Å². The first-order valence-corrected chi connectivity index (χ1v) is 5.88. The number of hydrogen-bond donors (Lipinski definition) is 1. The number of hydrazine groups is 1. The predicted molar refractivity (Wildman–Crippen MR) is 68.1 cm³/mol. The van der Waals surface area contributed by atoms with E-state index < -0.39 is 0 Å². The van der Waals surface area contributed by atoms with Crippen LogP contribution in [0.3, 0.4) is 0 Å². The highest BCUT2D eigenvalue weighted by Crippen LogP contribution is 2.21. The van der Waals surface area contributed by atoms with Gasteiger partial charge in [-0.25, -0.2) is 0 Å². The van der Waals surface area contributed by atoms with Crippen LogP contribution in [0.5, 0.6) is 0 Å². The lowest BCUT2D eigenvalue weighted by atomic mass is 10.1. The highest BCUT2D eigenvalue weighted by atomic mass is 16.6. The van der Waals surface area contributed by atoms with Crippen LogP contribution in [0.4, 0.5) is 0 Å². The number of hydrogen-bond acceptors (Lipinski definition) is 4. The zero-order chi connectivity index (χ0) is 12.8. The number of nitrogens with zero attached hydrogens (tertiary/aromatic N) is 2. The Morgan fingerprint density at radius 3 is 2.53 bits per heavy atom. The maximum Gasteiger partial charge on any atom is 0.146 e. The van der Waals surface area contributed by atoms with Crippen LogP contribution < -0.4 is 0 Å². The van der Waals surface area contributed by atoms with Crippen molar-refractivity contribution in [2.45, 2.75) is 32.4 Å². The van der Waals surface area contributed by atoms with Gasteiger partial charge in [-0.05, 0) is 32.3 Å². The van der Waals surface area contributed by atoms with Gasteiger partial charge in [0.2, 0.25) is 0 Å². The van der Waals surface area contributed by atoms with Gasteiger partial charge in [-0.15, -0.1) is 5.17 Å². The topological polar surface area (TPSA) is 35.9 Å². The molecule has 0 bridgehead atoms. The van der Waals surface area contributed by atoms with Crippen molar-refractivity contribution in [3.8, 4) is 0 Å². The SMILES string of the molecule is C=C(C)/C=C\C(=C)N(C1CCCCO1)N(C)O. The molecule has 0 saturated carbocycles. The fourth-order valence-electron chi connectivity index (χ4n) is 1.79. The molecule has 1 fully saturated rings. The number of ether oxygens (including phenoxy) is 1. The first-order valence-electron chi connectivity index (χ1n) is 5.88. The van der Waals surface area contributed by atoms with Crippen LogP contribution in [-0.2, 0) is 4.74 Å². The van der Waals surface area contributed by atoms with E-state index in [4.69, 9.17) is 4.74 Å². The van der Waals surface area contributed by atoms with E-state index in [-0.39, 0.29) is 6.23 Å². The summed E-state index contributed by atoms with van der Waals surface area (Å²) in [6.07, 6.45) is 6.63. The molecule has 4 nitrogen and oxygen atoms in total. The Balaban J connectivity index is 2.70. The lowest BCUT2D eigenvalue weighted by molar-refractivity contribution is -0.272. The van der Waals surface area contributed by atoms with Gasteiger partial charge < -0.3 is 4.74 Å². The van der Waals surface area contributed by atoms with Crippen LogP contribution in [0, 0.1) is 0 Å². The minimum atomic E-state index is -0.138. The molecule has 0 spiro atoms. The fourth-order valence-corrected chi connectivity index (χ4v) is 1.79. The standard InChI is InChI=1S/C13H22N2O2/c1-11(2)8-9-12(3)15(14(4)16)13-7-5-6-10-17-13/h8-9,13,16H,1,3,5-7,10H2,2,4H3/b9-8-. The summed E-state index contributed by atoms with van der Waals surface area (Å²) in [4.78, 5) is 0. The molecular weight excluding hydrogens is 216 g/mol. The Morgan fingerprint density at radius 1 is 1.35 bits per heavy atom. The van der Waals surface area contributed by atoms with Gasteiger partial charge in [-0.1, -0.05) is 24.8 Å². The Morgan fingerprint density at radius 2 is 2.06 bits per heavy atom. The molecule has 1 heterocycles. The van der Waals surface area contributed by atoms with Gasteiger partial charge >= 0.3 is 0 Å². The molecule has 1 aliphatic rings. The number of hydroxylamine groups is 1. The van der Waals surface area contributed by atoms with E-state index in [0.717, 1.165) is 36.6 Å². The summed E-state index contributed by atoms with van der Waals surface area (Å²) < 4.78 is 5.64. The lowest BCUT2D eigenvalue weighted by Gasteiger charge is -2.38. The largest absolute Gasteiger partial charge is 0.357 e. The molecule has 1 atom stereocenters. The van der Waals surface area contributed by atoms with Gasteiger partial charge in [-0.2, -0.15) is 0 Å². The van der Waals surface area contributed by atoms with E-state index in [1.807, 2.05) is 19.1 Å². The second-order valence-corrected chi connectivity index (χ2v) is 4.33. The van der Waals surface area contributed by atoms with Crippen LogP contribution >= 0.6 is 0 Å². The fraction of sp³-hybridized carbons (Fsp3) is 0.538. The van der Waals surface area contributed by atoms with Crippen molar-refractivity contribution >= 4 is 0 Å². The van der Waals surface area contributed by atoms with Gasteiger partial charge in [-0.3, -0.25) is 10.2 Å². The quantitative estimate of drug-likeness (QED) is 0.590. The lowest BCUT2D eigenvalue weighted by Crippen LogP contribution is -2.46. The third kappa shape index (κ3) is 4.34. The molecule has 4 heteroatoms. The van der Waals surface area contributed by atoms with E-state index in [1.165, 1.54) is 0 Å². The summed E-state index contributed by atoms with van der Waals surface area (Å²) in [6, 6.07) is 0. The number of allylic oxidation sites excluding steroid dienone is 3. The molecule has 0 radical (unpaired) electrons. The summed E-state index contributed by atoms with van der Waals surface area (Å²) in [5, 5.41) is 12.3. The summed E-state index contributed by atoms with van der Waals surface area (Å²) in [7, 11) is 1.57. The molecule has 1 unspecified atom stereocenters. The van der Waals surface area contributed by atoms with Crippen LogP contribution in [0.2, 0.25) is 0 Å². The van der Waals surface area contributed by atoms with Gasteiger partial charge in [0.1, 0.15) is 6.23 Å². The smallest absolute Gasteiger partial charge is 0.146 e. The van der Waals surface area contributed by atoms with Crippen molar-refractivity contribution in [2.75, 3.05) is 13.7 Å². The average Bonchev–Trinajstić information content (AvgIpc) is 2.27. The van der Waals surface area contributed by atoms with Crippen molar-refractivity contribution in [1.29, 1.82) is 0 Å². The summed E-state index contributed by atoms with van der Waals surface area (Å²) >= 11 is 0. The maximum absolute atomic E-state index is 9.66. The molecule has 96 valence electrons. The number of rotatable bonds is 5. The molecule has 17 heavy (non-hydrogen) atoms. The molecule has 0 aromatic heterocycles. The van der Waals surface area contributed by atoms with Crippen molar-refractivity contribution in [2.24, 2.45) is 0 Å². The zero-order valence-corrected chi connectivity index (χ0v) is 10.7. The molecule has 0 amide bonds. The van der Waals surface area contributed by atoms with E-state index in [0.29, 0.717) is 5.70 Å². The Hall–Kier alpha value is -1.10.